The number of nitrogens with zero attached hydrogens (tertiary/aromatic N) is 1. The Hall–Kier alpha value is -1.22. The van der Waals surface area contributed by atoms with Crippen LogP contribution in [0.2, 0.25) is 0 Å². The van der Waals surface area contributed by atoms with Crippen molar-refractivity contribution in [3.05, 3.63) is 29.6 Å². The molecule has 90 valence electrons. The SMILES string of the molecule is CC.CC(C)CC(=O)c1ccc(CO)cn1. The van der Waals surface area contributed by atoms with Crippen LogP contribution in [-0.2, 0) is 6.61 Å². The summed E-state index contributed by atoms with van der Waals surface area (Å²) >= 11 is 0. The molecule has 0 radical (unpaired) electrons. The smallest absolute Gasteiger partial charge is 0.181 e. The zero-order valence-electron chi connectivity index (χ0n) is 10.5. The van der Waals surface area contributed by atoms with Crippen LogP contribution in [0.15, 0.2) is 18.3 Å². The number of aliphatic hydroxyl groups excluding tert-OH is 1. The van der Waals surface area contributed by atoms with Crippen molar-refractivity contribution in [2.24, 2.45) is 5.92 Å². The maximum atomic E-state index is 11.5. The highest BCUT2D eigenvalue weighted by molar-refractivity contribution is 5.94. The van der Waals surface area contributed by atoms with Gasteiger partial charge in [0.1, 0.15) is 5.69 Å². The Labute approximate surface area is 97.5 Å². The van der Waals surface area contributed by atoms with Crippen molar-refractivity contribution in [1.82, 2.24) is 4.98 Å². The molecule has 0 saturated heterocycles. The van der Waals surface area contributed by atoms with Gasteiger partial charge in [0, 0.05) is 12.6 Å². The highest BCUT2D eigenvalue weighted by Crippen LogP contribution is 2.07. The molecule has 0 bridgehead atoms. The zero-order valence-corrected chi connectivity index (χ0v) is 10.5. The predicted molar refractivity (Wildman–Crippen MR) is 65.3 cm³/mol. The van der Waals surface area contributed by atoms with E-state index in [2.05, 4.69) is 4.98 Å². The van der Waals surface area contributed by atoms with Crippen LogP contribution in [0.4, 0.5) is 0 Å². The first-order valence-corrected chi connectivity index (χ1v) is 5.72. The number of carbonyl (C=O) groups excluding carboxylic acids is 1. The fourth-order valence-corrected chi connectivity index (χ4v) is 1.16. The monoisotopic (exact) mass is 223 g/mol. The molecular formula is C13H21NO2. The number of carbonyl (C=O) groups is 1. The lowest BCUT2D eigenvalue weighted by Crippen LogP contribution is -2.05. The molecule has 0 aliphatic rings. The Kier molecular flexibility index (Phi) is 7.38. The van der Waals surface area contributed by atoms with Crippen molar-refractivity contribution in [2.45, 2.75) is 40.7 Å². The fraction of sp³-hybridized carbons (Fsp3) is 0.538. The number of rotatable bonds is 4. The molecule has 16 heavy (non-hydrogen) atoms. The van der Waals surface area contributed by atoms with Gasteiger partial charge in [-0.05, 0) is 17.5 Å². The molecule has 0 aliphatic carbocycles. The molecule has 1 aromatic heterocycles. The Morgan fingerprint density at radius 2 is 2.00 bits per heavy atom. The molecule has 0 spiro atoms. The van der Waals surface area contributed by atoms with Crippen molar-refractivity contribution in [3.63, 3.8) is 0 Å². The summed E-state index contributed by atoms with van der Waals surface area (Å²) in [4.78, 5) is 15.5. The second kappa shape index (κ2) is 7.99. The topological polar surface area (TPSA) is 50.2 Å². The Morgan fingerprint density at radius 3 is 2.38 bits per heavy atom. The van der Waals surface area contributed by atoms with Crippen LogP contribution in [0.3, 0.4) is 0 Å². The average Bonchev–Trinajstić information content (AvgIpc) is 2.31. The van der Waals surface area contributed by atoms with Gasteiger partial charge in [-0.2, -0.15) is 0 Å². The fourth-order valence-electron chi connectivity index (χ4n) is 1.16. The third-order valence-electron chi connectivity index (χ3n) is 1.89. The van der Waals surface area contributed by atoms with E-state index in [1.54, 1.807) is 12.1 Å². The van der Waals surface area contributed by atoms with Gasteiger partial charge in [0.05, 0.1) is 6.61 Å². The molecule has 1 aromatic rings. The molecule has 1 heterocycles. The first-order chi connectivity index (χ1) is 7.63. The summed E-state index contributed by atoms with van der Waals surface area (Å²) in [6.45, 7) is 7.96. The second-order valence-electron chi connectivity index (χ2n) is 3.73. The van der Waals surface area contributed by atoms with Crippen LogP contribution in [0, 0.1) is 5.92 Å². The van der Waals surface area contributed by atoms with Crippen LogP contribution in [0.25, 0.3) is 0 Å². The van der Waals surface area contributed by atoms with Crippen molar-refractivity contribution in [3.8, 4) is 0 Å². The number of ketones is 1. The Balaban J connectivity index is 0.00000106. The highest BCUT2D eigenvalue weighted by Gasteiger charge is 2.08. The third-order valence-corrected chi connectivity index (χ3v) is 1.89. The van der Waals surface area contributed by atoms with E-state index in [-0.39, 0.29) is 12.4 Å². The maximum Gasteiger partial charge on any atom is 0.181 e. The molecular weight excluding hydrogens is 202 g/mol. The number of Topliss-reactive ketones (excluding diaryl/α,β-unsaturated/α-hetero) is 1. The summed E-state index contributed by atoms with van der Waals surface area (Å²) in [6.07, 6.45) is 2.05. The van der Waals surface area contributed by atoms with Gasteiger partial charge >= 0.3 is 0 Å². The summed E-state index contributed by atoms with van der Waals surface area (Å²) in [5, 5.41) is 8.79. The number of hydrogen-bond acceptors (Lipinski definition) is 3. The molecule has 3 nitrogen and oxygen atoms in total. The Bertz CT molecular complexity index is 304. The van der Waals surface area contributed by atoms with E-state index in [0.717, 1.165) is 5.56 Å². The van der Waals surface area contributed by atoms with Crippen LogP contribution in [0.5, 0.6) is 0 Å². The molecule has 0 amide bonds. The van der Waals surface area contributed by atoms with Crippen molar-refractivity contribution in [2.75, 3.05) is 0 Å². The number of aromatic nitrogens is 1. The average molecular weight is 223 g/mol. The van der Waals surface area contributed by atoms with E-state index in [4.69, 9.17) is 5.11 Å². The molecule has 0 saturated carbocycles. The minimum atomic E-state index is -0.0361. The first kappa shape index (κ1) is 14.8. The third kappa shape index (κ3) is 5.03. The lowest BCUT2D eigenvalue weighted by atomic mass is 10.0. The highest BCUT2D eigenvalue weighted by atomic mass is 16.3. The molecule has 1 rings (SSSR count). The zero-order chi connectivity index (χ0) is 12.6. The van der Waals surface area contributed by atoms with Crippen molar-refractivity contribution < 1.29 is 9.90 Å². The van der Waals surface area contributed by atoms with Gasteiger partial charge in [-0.15, -0.1) is 0 Å². The van der Waals surface area contributed by atoms with Crippen LogP contribution < -0.4 is 0 Å². The molecule has 3 heteroatoms. The maximum absolute atomic E-state index is 11.5. The van der Waals surface area contributed by atoms with Gasteiger partial charge in [0.15, 0.2) is 5.78 Å². The second-order valence-corrected chi connectivity index (χ2v) is 3.73. The number of hydrogen-bond donors (Lipinski definition) is 1. The van der Waals surface area contributed by atoms with Crippen LogP contribution in [0.1, 0.15) is 50.2 Å². The van der Waals surface area contributed by atoms with Gasteiger partial charge in [-0.25, -0.2) is 0 Å². The van der Waals surface area contributed by atoms with E-state index in [0.29, 0.717) is 18.0 Å². The van der Waals surface area contributed by atoms with E-state index in [9.17, 15) is 4.79 Å². The normalized spacial score (nSPS) is 9.62. The summed E-state index contributed by atoms with van der Waals surface area (Å²) < 4.78 is 0. The summed E-state index contributed by atoms with van der Waals surface area (Å²) in [6, 6.07) is 3.39. The van der Waals surface area contributed by atoms with E-state index < -0.39 is 0 Å². The predicted octanol–water partition coefficient (Wildman–Crippen LogP) is 2.83. The molecule has 1 N–H and O–H groups in total. The summed E-state index contributed by atoms with van der Waals surface area (Å²) in [5.41, 5.74) is 1.21. The van der Waals surface area contributed by atoms with Gasteiger partial charge in [-0.1, -0.05) is 33.8 Å². The van der Waals surface area contributed by atoms with Crippen molar-refractivity contribution in [1.29, 1.82) is 0 Å². The van der Waals surface area contributed by atoms with Gasteiger partial charge in [-0.3, -0.25) is 9.78 Å². The standard InChI is InChI=1S/C11H15NO2.C2H6/c1-8(2)5-11(14)10-4-3-9(7-13)6-12-10;1-2/h3-4,6,8,13H,5,7H2,1-2H3;1-2H3. The molecule has 0 atom stereocenters. The van der Waals surface area contributed by atoms with E-state index in [1.165, 1.54) is 6.20 Å². The van der Waals surface area contributed by atoms with E-state index in [1.807, 2.05) is 27.7 Å². The van der Waals surface area contributed by atoms with Gasteiger partial charge in [0.25, 0.3) is 0 Å². The molecule has 0 fully saturated rings. The summed E-state index contributed by atoms with van der Waals surface area (Å²) in [7, 11) is 0. The quantitative estimate of drug-likeness (QED) is 0.798. The number of aliphatic hydroxyl groups is 1. The lowest BCUT2D eigenvalue weighted by molar-refractivity contribution is 0.0963. The minimum absolute atomic E-state index is 0.0361. The van der Waals surface area contributed by atoms with Gasteiger partial charge in [0.2, 0.25) is 0 Å². The van der Waals surface area contributed by atoms with Gasteiger partial charge < -0.3 is 5.11 Å². The van der Waals surface area contributed by atoms with Crippen LogP contribution in [-0.4, -0.2) is 15.9 Å². The molecule has 0 aromatic carbocycles. The molecule has 0 unspecified atom stereocenters. The number of pyridine rings is 1. The molecule has 0 aliphatic heterocycles. The minimum Gasteiger partial charge on any atom is -0.392 e. The largest absolute Gasteiger partial charge is 0.392 e. The van der Waals surface area contributed by atoms with Crippen LogP contribution >= 0.6 is 0 Å². The first-order valence-electron chi connectivity index (χ1n) is 5.72. The van der Waals surface area contributed by atoms with E-state index >= 15 is 0 Å². The summed E-state index contributed by atoms with van der Waals surface area (Å²) in [5.74, 6) is 0.409. The lowest BCUT2D eigenvalue weighted by Gasteiger charge is -2.03. The van der Waals surface area contributed by atoms with Crippen molar-refractivity contribution >= 4 is 5.78 Å². The Morgan fingerprint density at radius 1 is 1.38 bits per heavy atom.